The summed E-state index contributed by atoms with van der Waals surface area (Å²) in [4.78, 5) is 24.2. The minimum absolute atomic E-state index is 0.182. The van der Waals surface area contributed by atoms with E-state index >= 15 is 0 Å². The molecule has 2 fully saturated rings. The van der Waals surface area contributed by atoms with Gasteiger partial charge in [-0.1, -0.05) is 6.07 Å². The molecule has 2 aliphatic heterocycles. The smallest absolute Gasteiger partial charge is 0.348 e. The van der Waals surface area contributed by atoms with Crippen LogP contribution < -0.4 is 9.47 Å². The van der Waals surface area contributed by atoms with Crippen molar-refractivity contribution in [2.45, 2.75) is 32.3 Å². The van der Waals surface area contributed by atoms with Crippen LogP contribution in [0.5, 0.6) is 11.5 Å². The molecule has 2 aliphatic rings. The van der Waals surface area contributed by atoms with Crippen molar-refractivity contribution >= 4 is 18.0 Å². The average Bonchev–Trinajstić information content (AvgIpc) is 3.11. The van der Waals surface area contributed by atoms with Crippen LogP contribution in [0.15, 0.2) is 23.8 Å². The molecule has 0 radical (unpaired) electrons. The number of carbonyl (C=O) groups excluding carboxylic acids is 2. The number of esters is 2. The summed E-state index contributed by atoms with van der Waals surface area (Å²) in [5.41, 5.74) is 0.390. The number of hydrogen-bond donors (Lipinski definition) is 0. The van der Waals surface area contributed by atoms with Crippen LogP contribution in [0.25, 0.3) is 6.08 Å². The normalized spacial score (nSPS) is 19.4. The van der Waals surface area contributed by atoms with Gasteiger partial charge in [-0.25, -0.2) is 9.59 Å². The molecule has 8 heteroatoms. The van der Waals surface area contributed by atoms with Gasteiger partial charge >= 0.3 is 11.9 Å². The van der Waals surface area contributed by atoms with Gasteiger partial charge in [0.15, 0.2) is 17.8 Å². The zero-order valence-corrected chi connectivity index (χ0v) is 15.5. The molecule has 0 bridgehead atoms. The van der Waals surface area contributed by atoms with Gasteiger partial charge in [0, 0.05) is 20.3 Å². The second-order valence-electron chi connectivity index (χ2n) is 6.46. The zero-order valence-electron chi connectivity index (χ0n) is 15.5. The Balaban J connectivity index is 1.74. The van der Waals surface area contributed by atoms with Crippen LogP contribution in [-0.4, -0.2) is 50.9 Å². The Labute approximate surface area is 156 Å². The van der Waals surface area contributed by atoms with Gasteiger partial charge in [-0.2, -0.15) is 0 Å². The molecule has 0 amide bonds. The van der Waals surface area contributed by atoms with Crippen molar-refractivity contribution in [3.05, 3.63) is 29.3 Å². The molecule has 2 heterocycles. The second kappa shape index (κ2) is 7.98. The summed E-state index contributed by atoms with van der Waals surface area (Å²) in [6, 6.07) is 5.05. The fourth-order valence-electron chi connectivity index (χ4n) is 2.68. The molecule has 0 atom stereocenters. The number of carbonyl (C=O) groups is 2. The van der Waals surface area contributed by atoms with Gasteiger partial charge in [-0.15, -0.1) is 0 Å². The summed E-state index contributed by atoms with van der Waals surface area (Å²) >= 11 is 0. The highest BCUT2D eigenvalue weighted by Crippen LogP contribution is 2.30. The number of methoxy groups -OCH3 is 1. The quantitative estimate of drug-likeness (QED) is 0.422. The monoisotopic (exact) mass is 378 g/mol. The minimum atomic E-state index is -1.27. The molecule has 0 aromatic heterocycles. The lowest BCUT2D eigenvalue weighted by atomic mass is 10.1. The molecule has 27 heavy (non-hydrogen) atoms. The van der Waals surface area contributed by atoms with Crippen LogP contribution in [0, 0.1) is 0 Å². The van der Waals surface area contributed by atoms with Crippen molar-refractivity contribution in [1.82, 2.24) is 0 Å². The molecule has 0 spiro atoms. The predicted molar refractivity (Wildman–Crippen MR) is 93.0 cm³/mol. The molecule has 1 aromatic rings. The van der Waals surface area contributed by atoms with Crippen LogP contribution in [0.1, 0.15) is 25.8 Å². The predicted octanol–water partition coefficient (Wildman–Crippen LogP) is 2.06. The van der Waals surface area contributed by atoms with E-state index in [1.165, 1.54) is 27.0 Å². The Morgan fingerprint density at radius 3 is 2.41 bits per heavy atom. The number of benzene rings is 1. The van der Waals surface area contributed by atoms with Crippen molar-refractivity contribution < 1.29 is 38.0 Å². The van der Waals surface area contributed by atoms with Gasteiger partial charge in [0.05, 0.1) is 26.9 Å². The van der Waals surface area contributed by atoms with E-state index < -0.39 is 17.7 Å². The first kappa shape index (κ1) is 19.2. The maximum Gasteiger partial charge on any atom is 0.348 e. The summed E-state index contributed by atoms with van der Waals surface area (Å²) in [6.07, 6.45) is 1.70. The van der Waals surface area contributed by atoms with Crippen LogP contribution in [0.3, 0.4) is 0 Å². The summed E-state index contributed by atoms with van der Waals surface area (Å²) in [6.45, 7) is 4.52. The molecular formula is C19H22O8. The van der Waals surface area contributed by atoms with E-state index in [4.69, 9.17) is 28.4 Å². The van der Waals surface area contributed by atoms with Gasteiger partial charge in [0.2, 0.25) is 0 Å². The average molecular weight is 378 g/mol. The maximum atomic E-state index is 12.1. The third-order valence-electron chi connectivity index (χ3n) is 3.92. The lowest BCUT2D eigenvalue weighted by Crippen LogP contribution is -2.41. The zero-order chi connectivity index (χ0) is 19.4. The van der Waals surface area contributed by atoms with Crippen LogP contribution in [0.2, 0.25) is 0 Å². The summed E-state index contributed by atoms with van der Waals surface area (Å²) in [5.74, 6) is -1.73. The summed E-state index contributed by atoms with van der Waals surface area (Å²) in [7, 11) is 1.53. The van der Waals surface area contributed by atoms with Crippen molar-refractivity contribution in [3.8, 4) is 11.5 Å². The van der Waals surface area contributed by atoms with Crippen LogP contribution in [0.4, 0.5) is 0 Å². The van der Waals surface area contributed by atoms with Crippen molar-refractivity contribution in [2.75, 3.05) is 26.9 Å². The van der Waals surface area contributed by atoms with E-state index in [-0.39, 0.29) is 11.9 Å². The largest absolute Gasteiger partial charge is 0.493 e. The Morgan fingerprint density at radius 2 is 1.78 bits per heavy atom. The van der Waals surface area contributed by atoms with Crippen molar-refractivity contribution in [3.63, 3.8) is 0 Å². The molecule has 0 saturated carbocycles. The lowest BCUT2D eigenvalue weighted by molar-refractivity contribution is -0.222. The van der Waals surface area contributed by atoms with Crippen LogP contribution >= 0.6 is 0 Å². The van der Waals surface area contributed by atoms with Crippen molar-refractivity contribution in [1.29, 1.82) is 0 Å². The highest BCUT2D eigenvalue weighted by atomic mass is 16.7. The highest BCUT2D eigenvalue weighted by Gasteiger charge is 2.38. The summed E-state index contributed by atoms with van der Waals surface area (Å²) < 4.78 is 32.0. The minimum Gasteiger partial charge on any atom is -0.493 e. The number of cyclic esters (lactones) is 2. The number of hydrogen-bond acceptors (Lipinski definition) is 8. The van der Waals surface area contributed by atoms with Gasteiger partial charge in [0.25, 0.3) is 5.79 Å². The van der Waals surface area contributed by atoms with Crippen LogP contribution in [-0.2, 0) is 28.5 Å². The molecule has 2 saturated heterocycles. The van der Waals surface area contributed by atoms with Gasteiger partial charge in [-0.05, 0) is 23.8 Å². The number of ether oxygens (including phenoxy) is 6. The van der Waals surface area contributed by atoms with Crippen molar-refractivity contribution in [2.24, 2.45) is 0 Å². The lowest BCUT2D eigenvalue weighted by Gasteiger charge is -2.29. The first-order chi connectivity index (χ1) is 12.9. The Bertz CT molecular complexity index is 724. The maximum absolute atomic E-state index is 12.1. The van der Waals surface area contributed by atoms with E-state index in [2.05, 4.69) is 0 Å². The second-order valence-corrected chi connectivity index (χ2v) is 6.46. The third kappa shape index (κ3) is 4.78. The first-order valence-corrected chi connectivity index (χ1v) is 8.60. The van der Waals surface area contributed by atoms with Gasteiger partial charge in [-0.3, -0.25) is 0 Å². The molecule has 3 rings (SSSR count). The molecule has 0 unspecified atom stereocenters. The SMILES string of the molecule is COc1ccc(C=C2C(=O)OC(C)(C)OC2=O)cc1OCCC1OCCO1. The Kier molecular flexibility index (Phi) is 5.67. The molecular weight excluding hydrogens is 356 g/mol. The Hall–Kier alpha value is -2.58. The molecule has 1 aromatic carbocycles. The van der Waals surface area contributed by atoms with E-state index in [0.29, 0.717) is 43.3 Å². The highest BCUT2D eigenvalue weighted by molar-refractivity contribution is 6.18. The van der Waals surface area contributed by atoms with E-state index in [1.54, 1.807) is 18.2 Å². The standard InChI is InChI=1S/C19H22O8/c1-19(2)26-17(20)13(18(21)27-19)10-12-4-5-14(22-3)15(11-12)23-7-6-16-24-8-9-25-16/h4-5,10-11,16H,6-9H2,1-3H3. The molecule has 8 nitrogen and oxygen atoms in total. The van der Waals surface area contributed by atoms with Gasteiger partial charge < -0.3 is 28.4 Å². The molecule has 146 valence electrons. The third-order valence-corrected chi connectivity index (χ3v) is 3.92. The van der Waals surface area contributed by atoms with E-state index in [0.717, 1.165) is 0 Å². The molecule has 0 N–H and O–H groups in total. The van der Waals surface area contributed by atoms with E-state index in [9.17, 15) is 9.59 Å². The first-order valence-electron chi connectivity index (χ1n) is 8.60. The Morgan fingerprint density at radius 1 is 1.11 bits per heavy atom. The molecule has 0 aliphatic carbocycles. The number of rotatable bonds is 6. The fourth-order valence-corrected chi connectivity index (χ4v) is 2.68. The summed E-state index contributed by atoms with van der Waals surface area (Å²) in [5, 5.41) is 0. The van der Waals surface area contributed by atoms with E-state index in [1.807, 2.05) is 0 Å². The topological polar surface area (TPSA) is 89.5 Å². The van der Waals surface area contributed by atoms with Gasteiger partial charge in [0.1, 0.15) is 5.57 Å². The fraction of sp³-hybridized carbons (Fsp3) is 0.474.